The van der Waals surface area contributed by atoms with Gasteiger partial charge < -0.3 is 45.9 Å². The molecular formula is C46H65Cl6N5O8S2. The van der Waals surface area contributed by atoms with E-state index in [2.05, 4.69) is 9.80 Å². The van der Waals surface area contributed by atoms with E-state index in [1.54, 1.807) is 36.4 Å². The average Bonchev–Trinajstić information content (AvgIpc) is 3.26. The third-order valence-corrected chi connectivity index (χ3v) is 14.7. The minimum Gasteiger partial charge on any atom is -0.379 e. The zero-order chi connectivity index (χ0) is 47.6. The van der Waals surface area contributed by atoms with Crippen molar-refractivity contribution in [2.45, 2.75) is 48.6 Å². The summed E-state index contributed by atoms with van der Waals surface area (Å²) < 4.78 is 68.9. The van der Waals surface area contributed by atoms with Crippen LogP contribution in [0.3, 0.4) is 0 Å². The Hall–Kier alpha value is -1.84. The normalized spacial score (nSPS) is 16.0. The van der Waals surface area contributed by atoms with Crippen molar-refractivity contribution in [2.75, 3.05) is 105 Å². The molecule has 2 aliphatic rings. The van der Waals surface area contributed by atoms with Crippen LogP contribution in [0.15, 0.2) is 82.6 Å². The van der Waals surface area contributed by atoms with Crippen LogP contribution in [0.25, 0.3) is 0 Å². The zero-order valence-corrected chi connectivity index (χ0v) is 43.3. The van der Waals surface area contributed by atoms with Crippen molar-refractivity contribution in [3.05, 3.63) is 126 Å². The van der Waals surface area contributed by atoms with Gasteiger partial charge in [0.1, 0.15) is 0 Å². The second-order valence-electron chi connectivity index (χ2n) is 15.5. The van der Waals surface area contributed by atoms with E-state index in [1.165, 1.54) is 12.1 Å². The second-order valence-corrected chi connectivity index (χ2v) is 21.8. The summed E-state index contributed by atoms with van der Waals surface area (Å²) >= 11 is 25.2. The van der Waals surface area contributed by atoms with Gasteiger partial charge >= 0.3 is 0 Å². The molecular weight excluding hydrogens is 1030 g/mol. The van der Waals surface area contributed by atoms with Gasteiger partial charge in [-0.25, -0.2) is 16.8 Å². The van der Waals surface area contributed by atoms with Crippen LogP contribution in [-0.4, -0.2) is 132 Å². The summed E-state index contributed by atoms with van der Waals surface area (Å²) in [5.41, 5.74) is 22.1. The molecule has 2 heterocycles. The van der Waals surface area contributed by atoms with E-state index in [0.717, 1.165) is 59.6 Å². The summed E-state index contributed by atoms with van der Waals surface area (Å²) in [6.45, 7) is 8.92. The van der Waals surface area contributed by atoms with Gasteiger partial charge in [0.15, 0.2) is 9.84 Å². The van der Waals surface area contributed by atoms with Gasteiger partial charge in [-0.2, -0.15) is 0 Å². The number of halogens is 6. The SMILES string of the molecule is C.CN1Cc2c(Cl)cc(Cl)cc2C(c2ccc(S(=O)(=O)CCCOCCOCCN)cc2)C1.CN1Cc2c(Cl)cc(Cl)cc2C(c2ccc(S(=O)(=O)Cl)cc2)C1.Cl.NCCOCCOCCN. The molecule has 21 heteroatoms. The molecule has 2 aliphatic heterocycles. The number of nitrogens with zero attached hydrogens (tertiary/aromatic N) is 2. The van der Waals surface area contributed by atoms with E-state index in [0.29, 0.717) is 104 Å². The van der Waals surface area contributed by atoms with E-state index in [-0.39, 0.29) is 42.3 Å². The van der Waals surface area contributed by atoms with Crippen LogP contribution < -0.4 is 17.2 Å². The highest BCUT2D eigenvalue weighted by atomic mass is 35.7. The van der Waals surface area contributed by atoms with Gasteiger partial charge in [0.25, 0.3) is 9.05 Å². The molecule has 0 fully saturated rings. The van der Waals surface area contributed by atoms with Crippen molar-refractivity contribution < 1.29 is 35.8 Å². The zero-order valence-electron chi connectivity index (χ0n) is 37.1. The molecule has 0 bridgehead atoms. The number of rotatable bonds is 20. The highest BCUT2D eigenvalue weighted by molar-refractivity contribution is 8.13. The predicted octanol–water partition coefficient (Wildman–Crippen LogP) is 8.22. The fraction of sp³-hybridized carbons (Fsp3) is 0.478. The van der Waals surface area contributed by atoms with Crippen molar-refractivity contribution >= 4 is 88.4 Å². The Morgan fingerprint density at radius 2 is 0.925 bits per heavy atom. The maximum Gasteiger partial charge on any atom is 0.261 e. The molecule has 0 radical (unpaired) electrons. The predicted molar refractivity (Wildman–Crippen MR) is 276 cm³/mol. The van der Waals surface area contributed by atoms with E-state index in [1.807, 2.05) is 38.4 Å². The quantitative estimate of drug-likeness (QED) is 0.0568. The lowest BCUT2D eigenvalue weighted by atomic mass is 9.85. The first-order valence-electron chi connectivity index (χ1n) is 21.1. The standard InChI is InChI=1S/C23H30Cl2N2O4S.C16H14Cl3NO2S.C6H16N2O2.CH4.ClH/c1-27-15-21(20-13-18(24)14-23(25)22(20)16-27)17-3-5-19(6-4-17)32(28,29)12-2-8-30-10-11-31-9-7-26;1-20-8-14(10-2-4-12(5-3-10)23(19,21)22)13-6-11(17)7-16(18)15(13)9-20;7-1-3-9-5-6-10-4-2-8;;/h3-6,13-14,21H,2,7-12,15-16,26H2,1H3;2-7,14H,8-9H2,1H3;1-8H2;1H4;1H. The van der Waals surface area contributed by atoms with Crippen LogP contribution in [-0.2, 0) is 50.9 Å². The van der Waals surface area contributed by atoms with Crippen molar-refractivity contribution in [1.82, 2.24) is 9.80 Å². The average molecular weight is 1090 g/mol. The molecule has 6 rings (SSSR count). The molecule has 67 heavy (non-hydrogen) atoms. The Kier molecular flexibility index (Phi) is 28.2. The molecule has 0 saturated heterocycles. The molecule has 6 N–H and O–H groups in total. The first-order valence-corrected chi connectivity index (χ1v) is 26.6. The van der Waals surface area contributed by atoms with E-state index >= 15 is 0 Å². The topological polar surface area (TPSA) is 190 Å². The lowest BCUT2D eigenvalue weighted by Gasteiger charge is -2.33. The maximum atomic E-state index is 12.7. The van der Waals surface area contributed by atoms with E-state index in [4.69, 9.17) is 93.2 Å². The first kappa shape index (κ1) is 61.3. The van der Waals surface area contributed by atoms with Crippen molar-refractivity contribution in [1.29, 1.82) is 0 Å². The van der Waals surface area contributed by atoms with Crippen LogP contribution >= 0.6 is 69.5 Å². The van der Waals surface area contributed by atoms with Gasteiger partial charge in [-0.1, -0.05) is 78.1 Å². The van der Waals surface area contributed by atoms with Gasteiger partial charge in [0.05, 0.1) is 61.8 Å². The Morgan fingerprint density at radius 3 is 1.28 bits per heavy atom. The van der Waals surface area contributed by atoms with E-state index < -0.39 is 18.9 Å². The number of nitrogens with two attached hydrogens (primary N) is 3. The summed E-state index contributed by atoms with van der Waals surface area (Å²) in [5, 5.41) is 2.53. The minimum atomic E-state index is -3.72. The Morgan fingerprint density at radius 1 is 0.567 bits per heavy atom. The largest absolute Gasteiger partial charge is 0.379 e. The molecule has 2 unspecified atom stereocenters. The second kappa shape index (κ2) is 30.8. The van der Waals surface area contributed by atoms with Gasteiger partial charge in [0.2, 0.25) is 0 Å². The number of ether oxygens (including phenoxy) is 4. The number of likely N-dealkylation sites (N-methyl/N-ethyl adjacent to an activating group) is 2. The number of hydrogen-bond acceptors (Lipinski definition) is 13. The molecule has 0 amide bonds. The number of hydrogen-bond donors (Lipinski definition) is 3. The highest BCUT2D eigenvalue weighted by Gasteiger charge is 2.29. The summed E-state index contributed by atoms with van der Waals surface area (Å²) in [6, 6.07) is 21.2. The number of benzene rings is 4. The Balaban J connectivity index is 0.000000385. The fourth-order valence-electron chi connectivity index (χ4n) is 7.39. The van der Waals surface area contributed by atoms with Gasteiger partial charge in [-0.05, 0) is 102 Å². The molecule has 0 spiro atoms. The molecule has 4 aromatic rings. The fourth-order valence-corrected chi connectivity index (χ4v) is 10.6. The molecule has 0 aliphatic carbocycles. The number of fused-ring (bicyclic) bond motifs is 2. The molecule has 13 nitrogen and oxygen atoms in total. The highest BCUT2D eigenvalue weighted by Crippen LogP contribution is 2.40. The number of sulfone groups is 1. The van der Waals surface area contributed by atoms with Crippen molar-refractivity contribution in [2.24, 2.45) is 17.2 Å². The lowest BCUT2D eigenvalue weighted by Crippen LogP contribution is -2.31. The van der Waals surface area contributed by atoms with E-state index in [9.17, 15) is 16.8 Å². The third kappa shape index (κ3) is 19.7. The van der Waals surface area contributed by atoms with Gasteiger partial charge in [0, 0.05) is 95.0 Å². The maximum absolute atomic E-state index is 12.7. The summed E-state index contributed by atoms with van der Waals surface area (Å²) in [6.07, 6.45) is 0.429. The van der Waals surface area contributed by atoms with Crippen LogP contribution in [0.1, 0.15) is 59.1 Å². The van der Waals surface area contributed by atoms with Crippen LogP contribution in [0.4, 0.5) is 0 Å². The monoisotopic (exact) mass is 1090 g/mol. The van der Waals surface area contributed by atoms with Crippen molar-refractivity contribution in [3.8, 4) is 0 Å². The lowest BCUT2D eigenvalue weighted by molar-refractivity contribution is 0.0512. The smallest absolute Gasteiger partial charge is 0.261 e. The minimum absolute atomic E-state index is 0. The summed E-state index contributed by atoms with van der Waals surface area (Å²) in [4.78, 5) is 4.80. The molecule has 0 saturated carbocycles. The van der Waals surface area contributed by atoms with Gasteiger partial charge in [-0.3, -0.25) is 0 Å². The first-order chi connectivity index (χ1) is 31.0. The Labute approximate surface area is 428 Å². The summed E-state index contributed by atoms with van der Waals surface area (Å²) in [7, 11) is 2.36. The molecule has 2 atom stereocenters. The van der Waals surface area contributed by atoms with Crippen LogP contribution in [0.5, 0.6) is 0 Å². The molecule has 0 aromatic heterocycles. The molecule has 376 valence electrons. The van der Waals surface area contributed by atoms with Gasteiger partial charge in [-0.15, -0.1) is 12.4 Å². The Bertz CT molecular complexity index is 2310. The summed E-state index contributed by atoms with van der Waals surface area (Å²) in [5.74, 6) is 0.189. The van der Waals surface area contributed by atoms with Crippen molar-refractivity contribution in [3.63, 3.8) is 0 Å². The third-order valence-electron chi connectivity index (χ3n) is 10.4. The molecule has 4 aromatic carbocycles. The van der Waals surface area contributed by atoms with Crippen LogP contribution in [0.2, 0.25) is 20.1 Å². The van der Waals surface area contributed by atoms with Crippen LogP contribution in [0, 0.1) is 0 Å².